The number of unbranched alkanes of at least 4 members (excludes halogenated alkanes) is 4. The van der Waals surface area contributed by atoms with Crippen molar-refractivity contribution in [3.05, 3.63) is 59.7 Å². The van der Waals surface area contributed by atoms with E-state index in [1.54, 1.807) is 0 Å². The van der Waals surface area contributed by atoms with Crippen molar-refractivity contribution in [2.75, 3.05) is 0 Å². The van der Waals surface area contributed by atoms with Gasteiger partial charge in [0.05, 0.1) is 0 Å². The maximum absolute atomic E-state index is 4.29. The molecule has 0 atom stereocenters. The zero-order chi connectivity index (χ0) is 19.6. The summed E-state index contributed by atoms with van der Waals surface area (Å²) in [5.41, 5.74) is 4.62. The summed E-state index contributed by atoms with van der Waals surface area (Å²) in [5.74, 6) is 1.14. The first-order chi connectivity index (χ1) is 13.8. The standard InChI is InChI=1S/C24H30N4/c1-3-5-7-9-19-11-15-21(16-12-19)23-25-27-24(28-26-23)22-17-13-20(14-18-22)10-8-6-4-2/h11-18H,3-10H2,1-2H3. The van der Waals surface area contributed by atoms with Gasteiger partial charge < -0.3 is 0 Å². The molecule has 28 heavy (non-hydrogen) atoms. The fourth-order valence-electron chi connectivity index (χ4n) is 3.26. The molecule has 3 rings (SSSR count). The lowest BCUT2D eigenvalue weighted by molar-refractivity contribution is 0.717. The van der Waals surface area contributed by atoms with Crippen molar-refractivity contribution >= 4 is 0 Å². The van der Waals surface area contributed by atoms with Crippen molar-refractivity contribution in [2.24, 2.45) is 0 Å². The van der Waals surface area contributed by atoms with Gasteiger partial charge in [-0.05, 0) is 36.8 Å². The zero-order valence-electron chi connectivity index (χ0n) is 17.1. The number of rotatable bonds is 10. The second-order valence-electron chi connectivity index (χ2n) is 7.36. The topological polar surface area (TPSA) is 51.6 Å². The minimum Gasteiger partial charge on any atom is -0.126 e. The third-order valence-electron chi connectivity index (χ3n) is 5.04. The monoisotopic (exact) mass is 374 g/mol. The Morgan fingerprint density at radius 3 is 1.18 bits per heavy atom. The van der Waals surface area contributed by atoms with E-state index in [-0.39, 0.29) is 0 Å². The van der Waals surface area contributed by atoms with Crippen molar-refractivity contribution in [1.82, 2.24) is 20.4 Å². The number of nitrogens with zero attached hydrogens (tertiary/aromatic N) is 4. The molecule has 4 heteroatoms. The van der Waals surface area contributed by atoms with E-state index in [2.05, 4.69) is 82.8 Å². The van der Waals surface area contributed by atoms with Gasteiger partial charge in [-0.2, -0.15) is 0 Å². The molecular weight excluding hydrogens is 344 g/mol. The molecule has 1 aromatic heterocycles. The summed E-state index contributed by atoms with van der Waals surface area (Å²) >= 11 is 0. The molecule has 0 saturated heterocycles. The van der Waals surface area contributed by atoms with Gasteiger partial charge in [0, 0.05) is 11.1 Å². The predicted molar refractivity (Wildman–Crippen MR) is 115 cm³/mol. The van der Waals surface area contributed by atoms with Crippen LogP contribution in [0.25, 0.3) is 22.8 Å². The maximum atomic E-state index is 4.29. The Labute approximate surface area is 168 Å². The molecule has 0 unspecified atom stereocenters. The molecule has 4 nitrogen and oxygen atoms in total. The first-order valence-corrected chi connectivity index (χ1v) is 10.6. The summed E-state index contributed by atoms with van der Waals surface area (Å²) in [4.78, 5) is 0. The minimum absolute atomic E-state index is 0.569. The molecule has 0 radical (unpaired) electrons. The van der Waals surface area contributed by atoms with Crippen molar-refractivity contribution < 1.29 is 0 Å². The van der Waals surface area contributed by atoms with Gasteiger partial charge in [-0.15, -0.1) is 20.4 Å². The average Bonchev–Trinajstić information content (AvgIpc) is 2.75. The van der Waals surface area contributed by atoms with E-state index in [0.29, 0.717) is 11.6 Å². The summed E-state index contributed by atoms with van der Waals surface area (Å²) in [6.45, 7) is 4.46. The van der Waals surface area contributed by atoms with E-state index in [0.717, 1.165) is 24.0 Å². The van der Waals surface area contributed by atoms with E-state index in [9.17, 15) is 0 Å². The number of benzene rings is 2. The zero-order valence-corrected chi connectivity index (χ0v) is 17.1. The van der Waals surface area contributed by atoms with Crippen LogP contribution >= 0.6 is 0 Å². The Morgan fingerprint density at radius 2 is 0.857 bits per heavy atom. The van der Waals surface area contributed by atoms with Crippen LogP contribution in [0.15, 0.2) is 48.5 Å². The van der Waals surface area contributed by atoms with Gasteiger partial charge in [0.2, 0.25) is 11.6 Å². The summed E-state index contributed by atoms with van der Waals surface area (Å²) < 4.78 is 0. The van der Waals surface area contributed by atoms with Crippen molar-refractivity contribution in [2.45, 2.75) is 65.2 Å². The molecule has 3 aromatic rings. The number of hydrogen-bond donors (Lipinski definition) is 0. The lowest BCUT2D eigenvalue weighted by Crippen LogP contribution is -1.99. The Kier molecular flexibility index (Phi) is 7.65. The molecule has 0 bridgehead atoms. The molecule has 0 aliphatic rings. The number of hydrogen-bond acceptors (Lipinski definition) is 4. The molecule has 2 aromatic carbocycles. The lowest BCUT2D eigenvalue weighted by Gasteiger charge is -2.04. The molecule has 0 saturated carbocycles. The number of aryl methyl sites for hydroxylation is 2. The fraction of sp³-hybridized carbons (Fsp3) is 0.417. The Morgan fingerprint density at radius 1 is 0.500 bits per heavy atom. The molecule has 146 valence electrons. The average molecular weight is 375 g/mol. The Bertz CT molecular complexity index is 751. The lowest BCUT2D eigenvalue weighted by atomic mass is 10.1. The van der Waals surface area contributed by atoms with Gasteiger partial charge >= 0.3 is 0 Å². The van der Waals surface area contributed by atoms with Crippen LogP contribution in [-0.2, 0) is 12.8 Å². The predicted octanol–water partition coefficient (Wildman–Crippen LogP) is 6.07. The molecule has 0 spiro atoms. The molecule has 0 amide bonds. The van der Waals surface area contributed by atoms with Crippen LogP contribution in [0, 0.1) is 0 Å². The smallest absolute Gasteiger partial charge is 0.126 e. The highest BCUT2D eigenvalue weighted by Gasteiger charge is 2.07. The van der Waals surface area contributed by atoms with Crippen molar-refractivity contribution in [3.63, 3.8) is 0 Å². The summed E-state index contributed by atoms with van der Waals surface area (Å²) in [6, 6.07) is 16.9. The van der Waals surface area contributed by atoms with Crippen molar-refractivity contribution in [3.8, 4) is 22.8 Å². The van der Waals surface area contributed by atoms with Gasteiger partial charge in [0.15, 0.2) is 0 Å². The van der Waals surface area contributed by atoms with Gasteiger partial charge in [0.1, 0.15) is 0 Å². The summed E-state index contributed by atoms with van der Waals surface area (Å²) in [5, 5.41) is 17.2. The van der Waals surface area contributed by atoms with Crippen LogP contribution < -0.4 is 0 Å². The van der Waals surface area contributed by atoms with Gasteiger partial charge in [0.25, 0.3) is 0 Å². The largest absolute Gasteiger partial charge is 0.203 e. The highest BCUT2D eigenvalue weighted by atomic mass is 15.3. The van der Waals surface area contributed by atoms with Gasteiger partial charge in [-0.3, -0.25) is 0 Å². The maximum Gasteiger partial charge on any atom is 0.203 e. The van der Waals surface area contributed by atoms with Crippen LogP contribution in [0.2, 0.25) is 0 Å². The van der Waals surface area contributed by atoms with E-state index in [1.807, 2.05) is 0 Å². The second-order valence-corrected chi connectivity index (χ2v) is 7.36. The van der Waals surface area contributed by atoms with Gasteiger partial charge in [-0.25, -0.2) is 0 Å². The molecule has 0 aliphatic carbocycles. The SMILES string of the molecule is CCCCCc1ccc(-c2nnc(-c3ccc(CCCCC)cc3)nn2)cc1. The van der Waals surface area contributed by atoms with E-state index in [4.69, 9.17) is 0 Å². The van der Waals surface area contributed by atoms with Crippen LogP contribution in [0.4, 0.5) is 0 Å². The minimum atomic E-state index is 0.569. The molecule has 0 N–H and O–H groups in total. The Balaban J connectivity index is 1.63. The normalized spacial score (nSPS) is 10.9. The first kappa shape index (κ1) is 20.1. The van der Waals surface area contributed by atoms with E-state index < -0.39 is 0 Å². The quantitative estimate of drug-likeness (QED) is 0.404. The summed E-state index contributed by atoms with van der Waals surface area (Å²) in [6.07, 6.45) is 9.77. The van der Waals surface area contributed by atoms with E-state index >= 15 is 0 Å². The Hall–Kier alpha value is -2.62. The summed E-state index contributed by atoms with van der Waals surface area (Å²) in [7, 11) is 0. The number of aromatic nitrogens is 4. The third kappa shape index (κ3) is 5.69. The molecule has 0 fully saturated rings. The third-order valence-corrected chi connectivity index (χ3v) is 5.04. The molecule has 0 aliphatic heterocycles. The van der Waals surface area contributed by atoms with Crippen molar-refractivity contribution in [1.29, 1.82) is 0 Å². The fourth-order valence-corrected chi connectivity index (χ4v) is 3.26. The van der Waals surface area contributed by atoms with E-state index in [1.165, 1.54) is 49.7 Å². The van der Waals surface area contributed by atoms with Crippen LogP contribution in [0.5, 0.6) is 0 Å². The second kappa shape index (κ2) is 10.6. The van der Waals surface area contributed by atoms with Crippen LogP contribution in [0.1, 0.15) is 63.5 Å². The first-order valence-electron chi connectivity index (χ1n) is 10.6. The highest BCUT2D eigenvalue weighted by Crippen LogP contribution is 2.19. The molecule has 1 heterocycles. The van der Waals surface area contributed by atoms with Crippen LogP contribution in [0.3, 0.4) is 0 Å². The molecular formula is C24H30N4. The van der Waals surface area contributed by atoms with Crippen LogP contribution in [-0.4, -0.2) is 20.4 Å². The van der Waals surface area contributed by atoms with Gasteiger partial charge in [-0.1, -0.05) is 88.1 Å². The highest BCUT2D eigenvalue weighted by molar-refractivity contribution is 5.57.